The van der Waals surface area contributed by atoms with Gasteiger partial charge in [0.25, 0.3) is 0 Å². The molecule has 2 N–H and O–H groups in total. The lowest BCUT2D eigenvalue weighted by molar-refractivity contribution is -0.0812. The van der Waals surface area contributed by atoms with Crippen LogP contribution >= 0.6 is 23.1 Å². The predicted molar refractivity (Wildman–Crippen MR) is 111 cm³/mol. The summed E-state index contributed by atoms with van der Waals surface area (Å²) in [6.45, 7) is 2.58. The van der Waals surface area contributed by atoms with Crippen LogP contribution < -0.4 is 4.74 Å². The molecule has 152 valence electrons. The molecule has 5 nitrogen and oxygen atoms in total. The normalized spacial score (nSPS) is 29.6. The molecule has 4 rings (SSSR count). The van der Waals surface area contributed by atoms with Gasteiger partial charge in [-0.25, -0.2) is 4.98 Å². The fourth-order valence-electron chi connectivity index (χ4n) is 4.37. The molecule has 0 radical (unpaired) electrons. The number of thioether (sulfide) groups is 1. The summed E-state index contributed by atoms with van der Waals surface area (Å²) in [5, 5.41) is 22.7. The van der Waals surface area contributed by atoms with E-state index in [0.29, 0.717) is 24.6 Å². The first-order valence-corrected chi connectivity index (χ1v) is 11.9. The van der Waals surface area contributed by atoms with E-state index >= 15 is 0 Å². The van der Waals surface area contributed by atoms with E-state index < -0.39 is 6.10 Å². The maximum atomic E-state index is 10.6. The van der Waals surface area contributed by atoms with Crippen LogP contribution in [0.15, 0.2) is 28.5 Å². The predicted octanol–water partition coefficient (Wildman–Crippen LogP) is 3.96. The van der Waals surface area contributed by atoms with Crippen LogP contribution in [0.1, 0.15) is 41.6 Å². The Morgan fingerprint density at radius 3 is 2.96 bits per heavy atom. The second-order valence-electron chi connectivity index (χ2n) is 7.65. The molecule has 0 bridgehead atoms. The minimum atomic E-state index is -0.400. The lowest BCUT2D eigenvalue weighted by Gasteiger charge is -2.33. The van der Waals surface area contributed by atoms with Crippen molar-refractivity contribution in [3.8, 4) is 5.75 Å². The topological polar surface area (TPSA) is 71.8 Å². The van der Waals surface area contributed by atoms with Crippen LogP contribution in [0.3, 0.4) is 0 Å². The number of fused-ring (bicyclic) bond motifs is 1. The second kappa shape index (κ2) is 8.71. The highest BCUT2D eigenvalue weighted by atomic mass is 32.2. The fourth-order valence-corrected chi connectivity index (χ4v) is 5.87. The molecule has 0 unspecified atom stereocenters. The molecular weight excluding hydrogens is 394 g/mol. The number of aryl methyl sites for hydroxylation is 1. The zero-order chi connectivity index (χ0) is 19.7. The van der Waals surface area contributed by atoms with Crippen LogP contribution in [0, 0.1) is 18.8 Å². The molecule has 1 aromatic carbocycles. The molecule has 1 saturated heterocycles. The van der Waals surface area contributed by atoms with Crippen LogP contribution in [-0.2, 0) is 11.3 Å². The summed E-state index contributed by atoms with van der Waals surface area (Å²) in [6, 6.07) is 6.16. The molecule has 1 aliphatic carbocycles. The molecule has 28 heavy (non-hydrogen) atoms. The van der Waals surface area contributed by atoms with Gasteiger partial charge in [0.2, 0.25) is 0 Å². The molecule has 1 aromatic heterocycles. The highest BCUT2D eigenvalue weighted by molar-refractivity contribution is 7.98. The van der Waals surface area contributed by atoms with Gasteiger partial charge in [-0.05, 0) is 49.6 Å². The number of aliphatic hydroxyl groups excluding tert-OH is 2. The lowest BCUT2D eigenvalue weighted by Crippen LogP contribution is -2.33. The van der Waals surface area contributed by atoms with Gasteiger partial charge in [0.15, 0.2) is 0 Å². The van der Waals surface area contributed by atoms with Gasteiger partial charge < -0.3 is 19.7 Å². The smallest absolute Gasteiger partial charge is 0.122 e. The van der Waals surface area contributed by atoms with Gasteiger partial charge in [-0.1, -0.05) is 6.07 Å². The standard InChI is InChI=1S/C21H27NO4S2/c1-12-3-4-14(7-20(12)27-2)25-10-16-15-5-6-18(26-19(15)8-17(16)24)21-22-13(9-23)11-28-21/h3-4,7,11,15-19,23-24H,5-6,8-10H2,1-2H3/t15-,16-,17+,18-,19+/m1/s1. The molecule has 5 atom stereocenters. The highest BCUT2D eigenvalue weighted by Crippen LogP contribution is 2.46. The quantitative estimate of drug-likeness (QED) is 0.688. The molecule has 7 heteroatoms. The van der Waals surface area contributed by atoms with Crippen molar-refractivity contribution in [2.75, 3.05) is 12.9 Å². The van der Waals surface area contributed by atoms with Gasteiger partial charge in [-0.3, -0.25) is 0 Å². The van der Waals surface area contributed by atoms with Crippen LogP contribution in [0.4, 0.5) is 0 Å². The van der Waals surface area contributed by atoms with Gasteiger partial charge >= 0.3 is 0 Å². The number of rotatable bonds is 6. The van der Waals surface area contributed by atoms with Gasteiger partial charge in [-0.2, -0.15) is 0 Å². The number of benzene rings is 1. The number of aromatic nitrogens is 1. The number of hydrogen-bond acceptors (Lipinski definition) is 7. The molecule has 0 spiro atoms. The lowest BCUT2D eigenvalue weighted by atomic mass is 9.87. The Hall–Kier alpha value is -1.12. The van der Waals surface area contributed by atoms with Crippen molar-refractivity contribution in [3.05, 3.63) is 39.8 Å². The zero-order valence-electron chi connectivity index (χ0n) is 16.2. The minimum absolute atomic E-state index is 0.0281. The zero-order valence-corrected chi connectivity index (χ0v) is 17.8. The van der Waals surface area contributed by atoms with Crippen LogP contribution in [-0.4, -0.2) is 40.3 Å². The van der Waals surface area contributed by atoms with Gasteiger partial charge in [0.05, 0.1) is 31.1 Å². The third-order valence-corrected chi connectivity index (χ3v) is 7.79. The summed E-state index contributed by atoms with van der Waals surface area (Å²) in [5.74, 6) is 1.27. The Balaban J connectivity index is 1.38. The summed E-state index contributed by atoms with van der Waals surface area (Å²) in [4.78, 5) is 5.68. The van der Waals surface area contributed by atoms with Crippen molar-refractivity contribution in [3.63, 3.8) is 0 Å². The van der Waals surface area contributed by atoms with E-state index in [4.69, 9.17) is 9.47 Å². The number of hydrogen-bond donors (Lipinski definition) is 2. The largest absolute Gasteiger partial charge is 0.493 e. The Bertz CT molecular complexity index is 811. The number of nitrogens with zero attached hydrogens (tertiary/aromatic N) is 1. The van der Waals surface area contributed by atoms with E-state index in [1.165, 1.54) is 10.5 Å². The van der Waals surface area contributed by atoms with Crippen LogP contribution in [0.5, 0.6) is 5.75 Å². The van der Waals surface area contributed by atoms with Gasteiger partial charge in [-0.15, -0.1) is 23.1 Å². The van der Waals surface area contributed by atoms with Crippen LogP contribution in [0.2, 0.25) is 0 Å². The summed E-state index contributed by atoms with van der Waals surface area (Å²) in [6.07, 6.45) is 4.23. The van der Waals surface area contributed by atoms with E-state index in [0.717, 1.165) is 23.6 Å². The van der Waals surface area contributed by atoms with Crippen molar-refractivity contribution < 1.29 is 19.7 Å². The van der Waals surface area contributed by atoms with E-state index in [1.54, 1.807) is 23.1 Å². The van der Waals surface area contributed by atoms with E-state index in [2.05, 4.69) is 30.3 Å². The summed E-state index contributed by atoms with van der Waals surface area (Å²) in [7, 11) is 0. The summed E-state index contributed by atoms with van der Waals surface area (Å²) < 4.78 is 12.4. The second-order valence-corrected chi connectivity index (χ2v) is 9.39. The molecule has 2 heterocycles. The third-order valence-electron chi connectivity index (χ3n) is 5.93. The maximum Gasteiger partial charge on any atom is 0.122 e. The van der Waals surface area contributed by atoms with E-state index in [1.807, 2.05) is 11.4 Å². The van der Waals surface area contributed by atoms with Gasteiger partial charge in [0, 0.05) is 22.6 Å². The van der Waals surface area contributed by atoms with Crippen molar-refractivity contribution >= 4 is 23.1 Å². The first-order valence-electron chi connectivity index (χ1n) is 9.75. The fraction of sp³-hybridized carbons (Fsp3) is 0.571. The molecule has 1 saturated carbocycles. The molecule has 2 aromatic rings. The molecule has 1 aliphatic heterocycles. The maximum absolute atomic E-state index is 10.6. The average Bonchev–Trinajstić information content (AvgIpc) is 3.30. The van der Waals surface area contributed by atoms with E-state index in [9.17, 15) is 10.2 Å². The Morgan fingerprint density at radius 2 is 2.21 bits per heavy atom. The molecule has 2 fully saturated rings. The highest BCUT2D eigenvalue weighted by Gasteiger charge is 2.47. The first kappa shape index (κ1) is 20.2. The summed E-state index contributed by atoms with van der Waals surface area (Å²) >= 11 is 3.26. The third kappa shape index (κ3) is 4.09. The van der Waals surface area contributed by atoms with Crippen molar-refractivity contribution in [1.82, 2.24) is 4.98 Å². The summed E-state index contributed by atoms with van der Waals surface area (Å²) in [5.41, 5.74) is 1.95. The molecule has 0 amide bonds. The number of ether oxygens (including phenoxy) is 2. The average molecular weight is 422 g/mol. The van der Waals surface area contributed by atoms with E-state index in [-0.39, 0.29) is 24.7 Å². The van der Waals surface area contributed by atoms with Crippen molar-refractivity contribution in [2.45, 2.75) is 56.0 Å². The first-order chi connectivity index (χ1) is 13.6. The Labute approximate surface area is 174 Å². The molecule has 2 aliphatic rings. The Morgan fingerprint density at radius 1 is 1.36 bits per heavy atom. The minimum Gasteiger partial charge on any atom is -0.493 e. The number of aliphatic hydroxyl groups is 2. The van der Waals surface area contributed by atoms with Crippen molar-refractivity contribution in [1.29, 1.82) is 0 Å². The monoisotopic (exact) mass is 421 g/mol. The Kier molecular flexibility index (Phi) is 6.27. The number of thiazole rings is 1. The SMILES string of the molecule is CSc1cc(OC[C@@H]2[C@H]3CC[C@H](c4nc(CO)cs4)O[C@H]3C[C@@H]2O)ccc1C. The van der Waals surface area contributed by atoms with Crippen molar-refractivity contribution in [2.24, 2.45) is 11.8 Å². The van der Waals surface area contributed by atoms with Gasteiger partial charge in [0.1, 0.15) is 16.9 Å². The van der Waals surface area contributed by atoms with Crippen LogP contribution in [0.25, 0.3) is 0 Å². The molecular formula is C21H27NO4S2.